The van der Waals surface area contributed by atoms with Crippen molar-refractivity contribution < 1.29 is 19.4 Å². The zero-order chi connectivity index (χ0) is 19.1. The van der Waals surface area contributed by atoms with E-state index in [1.54, 1.807) is 0 Å². The standard InChI is InChI=1S/C21H20ClNO4/c22-16-9-5-4-8-15(16)20-11-21(12-20,13-20)17(18(24)25)23-19(26)27-10-14-6-2-1-3-7-14/h1-9,17H,10-13H2,(H,23,26)(H,24,25). The molecule has 27 heavy (non-hydrogen) atoms. The van der Waals surface area contributed by atoms with Crippen LogP contribution in [0.2, 0.25) is 5.02 Å². The van der Waals surface area contributed by atoms with Crippen LogP contribution in [0.4, 0.5) is 4.79 Å². The molecular formula is C21H20ClNO4. The van der Waals surface area contributed by atoms with Crippen molar-refractivity contribution in [3.8, 4) is 0 Å². The number of ether oxygens (including phenoxy) is 1. The minimum Gasteiger partial charge on any atom is -0.480 e. The number of halogens is 1. The van der Waals surface area contributed by atoms with E-state index in [-0.39, 0.29) is 12.0 Å². The Morgan fingerprint density at radius 3 is 2.33 bits per heavy atom. The summed E-state index contributed by atoms with van der Waals surface area (Å²) in [6.07, 6.45) is 1.42. The number of nitrogens with one attached hydrogen (secondary N) is 1. The summed E-state index contributed by atoms with van der Waals surface area (Å²) in [5.41, 5.74) is 1.45. The van der Waals surface area contributed by atoms with E-state index in [0.717, 1.165) is 11.1 Å². The molecule has 6 heteroatoms. The predicted molar refractivity (Wildman–Crippen MR) is 101 cm³/mol. The van der Waals surface area contributed by atoms with Crippen LogP contribution < -0.4 is 5.32 Å². The van der Waals surface area contributed by atoms with Crippen molar-refractivity contribution in [2.75, 3.05) is 0 Å². The molecule has 0 radical (unpaired) electrons. The molecule has 0 aromatic heterocycles. The Morgan fingerprint density at radius 1 is 1.07 bits per heavy atom. The molecule has 3 fully saturated rings. The van der Waals surface area contributed by atoms with Crippen LogP contribution in [0.1, 0.15) is 30.4 Å². The summed E-state index contributed by atoms with van der Waals surface area (Å²) < 4.78 is 5.18. The summed E-state index contributed by atoms with van der Waals surface area (Å²) in [5, 5.41) is 12.9. The van der Waals surface area contributed by atoms with E-state index in [4.69, 9.17) is 16.3 Å². The highest BCUT2D eigenvalue weighted by atomic mass is 35.5. The second-order valence-electron chi connectivity index (χ2n) is 7.63. The lowest BCUT2D eigenvalue weighted by atomic mass is 9.31. The first-order valence-electron chi connectivity index (χ1n) is 8.89. The summed E-state index contributed by atoms with van der Waals surface area (Å²) in [7, 11) is 0. The second kappa shape index (κ2) is 6.57. The zero-order valence-electron chi connectivity index (χ0n) is 14.7. The van der Waals surface area contributed by atoms with Crippen molar-refractivity contribution in [1.82, 2.24) is 5.32 Å². The Bertz CT molecular complexity index is 863. The quantitative estimate of drug-likeness (QED) is 0.783. The number of aliphatic carboxylic acids is 1. The lowest BCUT2D eigenvalue weighted by molar-refractivity contribution is -0.183. The molecule has 2 N–H and O–H groups in total. The third-order valence-corrected chi connectivity index (χ3v) is 6.18. The van der Waals surface area contributed by atoms with Crippen LogP contribution in [0.5, 0.6) is 0 Å². The average molecular weight is 386 g/mol. The molecule has 3 aliphatic carbocycles. The van der Waals surface area contributed by atoms with Crippen molar-refractivity contribution >= 4 is 23.7 Å². The van der Waals surface area contributed by atoms with Crippen LogP contribution in [0, 0.1) is 5.41 Å². The van der Waals surface area contributed by atoms with E-state index in [2.05, 4.69) is 5.32 Å². The molecule has 3 saturated carbocycles. The first-order valence-corrected chi connectivity index (χ1v) is 9.27. The smallest absolute Gasteiger partial charge is 0.408 e. The number of benzene rings is 2. The number of amides is 1. The van der Waals surface area contributed by atoms with Crippen LogP contribution in [0.15, 0.2) is 54.6 Å². The highest BCUT2D eigenvalue weighted by Crippen LogP contribution is 2.75. The largest absolute Gasteiger partial charge is 0.480 e. The maximum atomic E-state index is 12.1. The summed E-state index contributed by atoms with van der Waals surface area (Å²) >= 11 is 6.31. The van der Waals surface area contributed by atoms with Crippen molar-refractivity contribution in [2.45, 2.75) is 37.3 Å². The summed E-state index contributed by atoms with van der Waals surface area (Å²) in [4.78, 5) is 23.9. The normalized spacial score (nSPS) is 26.3. The molecule has 5 nitrogen and oxygen atoms in total. The Hall–Kier alpha value is -2.53. The summed E-state index contributed by atoms with van der Waals surface area (Å²) in [6.45, 7) is 0.107. The third-order valence-electron chi connectivity index (χ3n) is 5.85. The highest BCUT2D eigenvalue weighted by molar-refractivity contribution is 6.31. The van der Waals surface area contributed by atoms with Crippen LogP contribution >= 0.6 is 11.6 Å². The van der Waals surface area contributed by atoms with Crippen molar-refractivity contribution in [3.05, 3.63) is 70.7 Å². The van der Waals surface area contributed by atoms with Crippen LogP contribution in [0.25, 0.3) is 0 Å². The van der Waals surface area contributed by atoms with E-state index < -0.39 is 23.5 Å². The lowest BCUT2D eigenvalue weighted by Gasteiger charge is -2.72. The number of carbonyl (C=O) groups excluding carboxylic acids is 1. The fourth-order valence-electron chi connectivity index (χ4n) is 4.71. The van der Waals surface area contributed by atoms with Gasteiger partial charge < -0.3 is 15.2 Å². The number of carbonyl (C=O) groups is 2. The SMILES string of the molecule is O=C(NC(C(=O)O)C12CC(c3ccccc3Cl)(C1)C2)OCc1ccccc1. The van der Waals surface area contributed by atoms with Gasteiger partial charge in [-0.2, -0.15) is 0 Å². The van der Waals surface area contributed by atoms with Gasteiger partial charge in [0, 0.05) is 10.4 Å². The Balaban J connectivity index is 1.38. The van der Waals surface area contributed by atoms with Gasteiger partial charge in [0.2, 0.25) is 0 Å². The maximum Gasteiger partial charge on any atom is 0.408 e. The molecule has 2 aromatic rings. The van der Waals surface area contributed by atoms with Crippen molar-refractivity contribution in [1.29, 1.82) is 0 Å². The van der Waals surface area contributed by atoms with Crippen LogP contribution in [-0.4, -0.2) is 23.2 Å². The monoisotopic (exact) mass is 385 g/mol. The van der Waals surface area contributed by atoms with Gasteiger partial charge in [0.25, 0.3) is 0 Å². The number of carboxylic acid groups (broad SMARTS) is 1. The van der Waals surface area contributed by atoms with Crippen molar-refractivity contribution in [2.24, 2.45) is 5.41 Å². The topological polar surface area (TPSA) is 75.6 Å². The van der Waals surface area contributed by atoms with Gasteiger partial charge >= 0.3 is 12.1 Å². The molecule has 5 rings (SSSR count). The Labute approximate surface area is 162 Å². The lowest BCUT2D eigenvalue weighted by Crippen LogP contribution is -2.73. The van der Waals surface area contributed by atoms with E-state index >= 15 is 0 Å². The Morgan fingerprint density at radius 2 is 1.70 bits per heavy atom. The first kappa shape index (κ1) is 17.9. The van der Waals surface area contributed by atoms with Gasteiger partial charge in [0.1, 0.15) is 12.6 Å². The Kier molecular flexibility index (Phi) is 4.35. The number of rotatable bonds is 6. The van der Waals surface area contributed by atoms with Gasteiger partial charge in [-0.3, -0.25) is 0 Å². The van der Waals surface area contributed by atoms with Gasteiger partial charge in [-0.1, -0.05) is 60.1 Å². The van der Waals surface area contributed by atoms with E-state index in [9.17, 15) is 14.7 Å². The third kappa shape index (κ3) is 3.06. The molecule has 2 bridgehead atoms. The summed E-state index contributed by atoms with van der Waals surface area (Å²) in [5.74, 6) is -1.03. The number of alkyl carbamates (subject to hydrolysis) is 1. The molecule has 1 amide bonds. The molecular weight excluding hydrogens is 366 g/mol. The first-order chi connectivity index (χ1) is 12.9. The number of carboxylic acids is 1. The second-order valence-corrected chi connectivity index (χ2v) is 8.04. The molecule has 1 unspecified atom stereocenters. The number of hydrogen-bond acceptors (Lipinski definition) is 3. The van der Waals surface area contributed by atoms with Gasteiger partial charge in [0.15, 0.2) is 0 Å². The minimum atomic E-state index is -1.03. The van der Waals surface area contributed by atoms with Crippen molar-refractivity contribution in [3.63, 3.8) is 0 Å². The highest BCUT2D eigenvalue weighted by Gasteiger charge is 2.73. The van der Waals surface area contributed by atoms with Gasteiger partial charge in [-0.05, 0) is 41.9 Å². The molecule has 0 saturated heterocycles. The van der Waals surface area contributed by atoms with E-state index in [0.29, 0.717) is 24.3 Å². The molecule has 1 atom stereocenters. The molecule has 3 aliphatic rings. The van der Waals surface area contributed by atoms with Gasteiger partial charge in [0.05, 0.1) is 0 Å². The minimum absolute atomic E-state index is 0.0539. The van der Waals surface area contributed by atoms with Crippen LogP contribution in [0.3, 0.4) is 0 Å². The zero-order valence-corrected chi connectivity index (χ0v) is 15.4. The maximum absolute atomic E-state index is 12.1. The molecule has 140 valence electrons. The van der Waals surface area contributed by atoms with Gasteiger partial charge in [-0.15, -0.1) is 0 Å². The van der Waals surface area contributed by atoms with Crippen LogP contribution in [-0.2, 0) is 21.6 Å². The fraction of sp³-hybridized carbons (Fsp3) is 0.333. The van der Waals surface area contributed by atoms with E-state index in [1.165, 1.54) is 0 Å². The summed E-state index contributed by atoms with van der Waals surface area (Å²) in [6, 6.07) is 16.0. The molecule has 0 spiro atoms. The van der Waals surface area contributed by atoms with Gasteiger partial charge in [-0.25, -0.2) is 9.59 Å². The fourth-order valence-corrected chi connectivity index (χ4v) is 5.05. The predicted octanol–water partition coefficient (Wildman–Crippen LogP) is 4.14. The number of hydrogen-bond donors (Lipinski definition) is 2. The van der Waals surface area contributed by atoms with E-state index in [1.807, 2.05) is 54.6 Å². The molecule has 0 heterocycles. The molecule has 0 aliphatic heterocycles. The average Bonchev–Trinajstić information content (AvgIpc) is 2.59. The molecule has 2 aromatic carbocycles.